The first-order valence-corrected chi connectivity index (χ1v) is 15.7. The van der Waals surface area contributed by atoms with Crippen molar-refractivity contribution in [2.24, 2.45) is 17.8 Å². The van der Waals surface area contributed by atoms with Crippen LogP contribution in [0.4, 0.5) is 0 Å². The third kappa shape index (κ3) is 6.50. The highest BCUT2D eigenvalue weighted by atomic mass is 35.5. The van der Waals surface area contributed by atoms with Crippen molar-refractivity contribution in [2.45, 2.75) is 48.8 Å². The number of hydrogen-bond donors (Lipinski definition) is 0. The maximum atomic E-state index is 14.2. The summed E-state index contributed by atoms with van der Waals surface area (Å²) in [6.07, 6.45) is 1.28. The molecule has 1 heterocycles. The molecule has 3 aromatic carbocycles. The minimum atomic E-state index is -1.17. The number of halogens is 1. The molecule has 2 aliphatic rings. The summed E-state index contributed by atoms with van der Waals surface area (Å²) in [5.74, 6) is -4.01. The third-order valence-corrected chi connectivity index (χ3v) is 9.39. The number of ether oxygens (including phenoxy) is 3. The molecular weight excluding hydrogens is 588 g/mol. The number of Topliss-reactive ketones (excluding diaryl/α,β-unsaturated/α-hetero) is 2. The van der Waals surface area contributed by atoms with Crippen LogP contribution in [0.5, 0.6) is 5.75 Å². The smallest absolute Gasteiger partial charge is 0.317 e. The number of carbonyl (C=O) groups excluding carboxylic acids is 4. The molecule has 0 N–H and O–H groups in total. The van der Waals surface area contributed by atoms with Gasteiger partial charge in [0.2, 0.25) is 0 Å². The molecular formula is C34H33ClO7S. The van der Waals surface area contributed by atoms with Crippen LogP contribution in [0.3, 0.4) is 0 Å². The Kier molecular flexibility index (Phi) is 9.88. The van der Waals surface area contributed by atoms with Gasteiger partial charge in [0, 0.05) is 27.3 Å². The van der Waals surface area contributed by atoms with Crippen molar-refractivity contribution in [1.29, 1.82) is 0 Å². The molecule has 9 heteroatoms. The fourth-order valence-corrected chi connectivity index (χ4v) is 7.21. The average Bonchev–Trinajstić information content (AvgIpc) is 2.99. The first-order valence-electron chi connectivity index (χ1n) is 14.5. The molecule has 43 heavy (non-hydrogen) atoms. The van der Waals surface area contributed by atoms with E-state index in [2.05, 4.69) is 0 Å². The summed E-state index contributed by atoms with van der Waals surface area (Å²) in [6.45, 7) is 3.98. The Hall–Kier alpha value is -3.62. The zero-order valence-corrected chi connectivity index (χ0v) is 25.6. The zero-order chi connectivity index (χ0) is 30.5. The number of hydrogen-bond acceptors (Lipinski definition) is 8. The van der Waals surface area contributed by atoms with E-state index < -0.39 is 35.6 Å². The fourth-order valence-electron chi connectivity index (χ4n) is 5.63. The Morgan fingerprint density at radius 1 is 0.907 bits per heavy atom. The van der Waals surface area contributed by atoms with Crippen LogP contribution in [0.1, 0.15) is 60.5 Å². The fraction of sp³-hybridized carbons (Fsp3) is 0.353. The highest BCUT2D eigenvalue weighted by molar-refractivity contribution is 7.99. The van der Waals surface area contributed by atoms with E-state index in [9.17, 15) is 19.2 Å². The van der Waals surface area contributed by atoms with Crippen LogP contribution in [0, 0.1) is 17.8 Å². The van der Waals surface area contributed by atoms with Crippen LogP contribution in [-0.4, -0.2) is 43.3 Å². The van der Waals surface area contributed by atoms with Crippen molar-refractivity contribution in [3.05, 3.63) is 88.4 Å². The van der Waals surface area contributed by atoms with Gasteiger partial charge in [-0.3, -0.25) is 19.2 Å². The zero-order valence-electron chi connectivity index (χ0n) is 24.0. The lowest BCUT2D eigenvalue weighted by molar-refractivity contribution is -0.157. The third-order valence-electron chi connectivity index (χ3n) is 7.84. The summed E-state index contributed by atoms with van der Waals surface area (Å²) in [6, 6.07) is 19.8. The quantitative estimate of drug-likeness (QED) is 0.122. The molecule has 2 unspecified atom stereocenters. The molecule has 1 fully saturated rings. The number of fused-ring (bicyclic) bond motifs is 2. The molecule has 1 aliphatic heterocycles. The highest BCUT2D eigenvalue weighted by Gasteiger charge is 2.49. The van der Waals surface area contributed by atoms with Crippen molar-refractivity contribution in [3.63, 3.8) is 0 Å². The van der Waals surface area contributed by atoms with E-state index in [1.165, 1.54) is 11.8 Å². The van der Waals surface area contributed by atoms with Crippen LogP contribution in [0.15, 0.2) is 76.5 Å². The first-order chi connectivity index (χ1) is 20.8. The minimum Gasteiger partial charge on any atom is -0.492 e. The number of esters is 2. The molecule has 1 saturated carbocycles. The van der Waals surface area contributed by atoms with Crippen LogP contribution in [0.2, 0.25) is 5.02 Å². The van der Waals surface area contributed by atoms with E-state index >= 15 is 0 Å². The summed E-state index contributed by atoms with van der Waals surface area (Å²) in [5, 5.41) is 0.436. The summed E-state index contributed by atoms with van der Waals surface area (Å²) < 4.78 is 16.8. The van der Waals surface area contributed by atoms with Gasteiger partial charge in [-0.1, -0.05) is 78.8 Å². The van der Waals surface area contributed by atoms with Gasteiger partial charge in [-0.25, -0.2) is 0 Å². The second-order valence-electron chi connectivity index (χ2n) is 10.6. The maximum Gasteiger partial charge on any atom is 0.317 e. The summed E-state index contributed by atoms with van der Waals surface area (Å²) in [4.78, 5) is 54.5. The SMILES string of the molecule is CCCOc1ccc(Cl)c2c1Sc1ccccc1C2C(C(=O)OCC)C(=O)C1CC(C(=O)OCC(=O)c2ccccc2)C1. The lowest BCUT2D eigenvalue weighted by atomic mass is 9.66. The second-order valence-corrected chi connectivity index (χ2v) is 12.1. The molecule has 224 valence electrons. The van der Waals surface area contributed by atoms with E-state index in [1.807, 2.05) is 37.3 Å². The van der Waals surface area contributed by atoms with Gasteiger partial charge >= 0.3 is 11.9 Å². The molecule has 7 nitrogen and oxygen atoms in total. The average molecular weight is 621 g/mol. The molecule has 5 rings (SSSR count). The van der Waals surface area contributed by atoms with Crippen molar-refractivity contribution in [1.82, 2.24) is 0 Å². The van der Waals surface area contributed by atoms with Gasteiger partial charge in [-0.2, -0.15) is 0 Å². The van der Waals surface area contributed by atoms with E-state index in [0.29, 0.717) is 28.5 Å². The molecule has 0 spiro atoms. The van der Waals surface area contributed by atoms with E-state index in [1.54, 1.807) is 43.3 Å². The Balaban J connectivity index is 1.39. The van der Waals surface area contributed by atoms with Gasteiger partial charge < -0.3 is 14.2 Å². The minimum absolute atomic E-state index is 0.112. The van der Waals surface area contributed by atoms with Gasteiger partial charge in [0.1, 0.15) is 11.7 Å². The lowest BCUT2D eigenvalue weighted by Crippen LogP contribution is -2.44. The second kappa shape index (κ2) is 13.8. The van der Waals surface area contributed by atoms with Gasteiger partial charge in [0.05, 0.1) is 24.0 Å². The monoisotopic (exact) mass is 620 g/mol. The number of benzene rings is 3. The Bertz CT molecular complexity index is 1520. The molecule has 2 atom stereocenters. The topological polar surface area (TPSA) is 96.0 Å². The van der Waals surface area contributed by atoms with Crippen molar-refractivity contribution >= 4 is 46.9 Å². The predicted molar refractivity (Wildman–Crippen MR) is 163 cm³/mol. The molecule has 0 aromatic heterocycles. The lowest BCUT2D eigenvalue weighted by Gasteiger charge is -2.38. The summed E-state index contributed by atoms with van der Waals surface area (Å²) >= 11 is 8.32. The summed E-state index contributed by atoms with van der Waals surface area (Å²) in [5.41, 5.74) is 1.94. The van der Waals surface area contributed by atoms with Crippen molar-refractivity contribution in [3.8, 4) is 5.75 Å². The van der Waals surface area contributed by atoms with Gasteiger partial charge in [0.25, 0.3) is 0 Å². The molecule has 1 aliphatic carbocycles. The van der Waals surface area contributed by atoms with Gasteiger partial charge in [0.15, 0.2) is 18.2 Å². The van der Waals surface area contributed by atoms with E-state index in [-0.39, 0.29) is 37.6 Å². The molecule has 0 bridgehead atoms. The maximum absolute atomic E-state index is 14.2. The van der Waals surface area contributed by atoms with Crippen molar-refractivity contribution in [2.75, 3.05) is 19.8 Å². The molecule has 3 aromatic rings. The molecule has 0 saturated heterocycles. The van der Waals surface area contributed by atoms with E-state index in [4.69, 9.17) is 25.8 Å². The standard InChI is InChI=1S/C34H33ClO7S/c1-3-16-41-26-15-14-24(35)29-28(23-12-8-9-13-27(23)43-32(26)29)30(34(39)40-4-2)31(37)21-17-22(18-21)33(38)42-19-25(36)20-10-6-5-7-11-20/h5-15,21-22,28,30H,3-4,16-19H2,1-2H3. The van der Waals surface area contributed by atoms with Gasteiger partial charge in [-0.15, -0.1) is 0 Å². The Morgan fingerprint density at radius 2 is 1.63 bits per heavy atom. The molecule has 0 amide bonds. The largest absolute Gasteiger partial charge is 0.492 e. The Morgan fingerprint density at radius 3 is 2.35 bits per heavy atom. The Labute approximate surface area is 260 Å². The van der Waals surface area contributed by atoms with E-state index in [0.717, 1.165) is 21.8 Å². The first kappa shape index (κ1) is 30.8. The van der Waals surface area contributed by atoms with Crippen LogP contribution < -0.4 is 4.74 Å². The predicted octanol–water partition coefficient (Wildman–Crippen LogP) is 6.93. The number of carbonyl (C=O) groups is 4. The van der Waals surface area contributed by atoms with Crippen LogP contribution >= 0.6 is 23.4 Å². The van der Waals surface area contributed by atoms with Crippen LogP contribution in [0.25, 0.3) is 0 Å². The highest BCUT2D eigenvalue weighted by Crippen LogP contribution is 2.55. The molecule has 0 radical (unpaired) electrons. The van der Waals surface area contributed by atoms with Gasteiger partial charge in [-0.05, 0) is 55.5 Å². The summed E-state index contributed by atoms with van der Waals surface area (Å²) in [7, 11) is 0. The normalized spacial score (nSPS) is 19.2. The van der Waals surface area contributed by atoms with Crippen LogP contribution in [-0.2, 0) is 23.9 Å². The number of ketones is 2. The van der Waals surface area contributed by atoms with Crippen molar-refractivity contribution < 1.29 is 33.4 Å². The number of rotatable bonds is 12.